The van der Waals surface area contributed by atoms with E-state index >= 15 is 0 Å². The second kappa shape index (κ2) is 6.42. The normalized spacial score (nSPS) is 17.4. The summed E-state index contributed by atoms with van der Waals surface area (Å²) >= 11 is 0. The lowest BCUT2D eigenvalue weighted by atomic mass is 9.88. The summed E-state index contributed by atoms with van der Waals surface area (Å²) in [6, 6.07) is 0. The van der Waals surface area contributed by atoms with Gasteiger partial charge in [-0.25, -0.2) is 4.39 Å². The lowest BCUT2D eigenvalue weighted by molar-refractivity contribution is -0.444. The third-order valence-corrected chi connectivity index (χ3v) is 3.02. The van der Waals surface area contributed by atoms with Gasteiger partial charge in [-0.15, -0.1) is 0 Å². The predicted molar refractivity (Wildman–Crippen MR) is 50.3 cm³/mol. The van der Waals surface area contributed by atoms with Crippen molar-refractivity contribution in [3.63, 3.8) is 0 Å². The van der Waals surface area contributed by atoms with Gasteiger partial charge in [-0.1, -0.05) is 0 Å². The van der Waals surface area contributed by atoms with Crippen molar-refractivity contribution in [2.45, 2.75) is 47.6 Å². The molecule has 0 rings (SSSR count). The zero-order chi connectivity index (χ0) is 22.7. The number of alkyl halides is 15. The second-order valence-corrected chi connectivity index (χ2v) is 4.80. The van der Waals surface area contributed by atoms with Gasteiger partial charge in [0.05, 0.1) is 0 Å². The largest absolute Gasteiger partial charge is 0.385 e. The molecule has 1 atom stereocenters. The van der Waals surface area contributed by atoms with E-state index in [0.29, 0.717) is 0 Å². The maximum Gasteiger partial charge on any atom is 0.385 e. The molecule has 0 aromatic heterocycles. The SMILES string of the molecule is [CH2]C(F)C(F)(F)C(F)(F)C(F)(F)C(F)(F)C(F)(F)C(F)(F)C(F)(F)[C](F)F. The monoisotopic (exact) mass is 446 g/mol. The minimum atomic E-state index is -8.52. The van der Waals surface area contributed by atoms with Gasteiger partial charge < -0.3 is 0 Å². The highest BCUT2D eigenvalue weighted by Gasteiger charge is 2.94. The van der Waals surface area contributed by atoms with Crippen molar-refractivity contribution < 1.29 is 74.6 Å². The van der Waals surface area contributed by atoms with E-state index in [4.69, 9.17) is 0 Å². The van der Waals surface area contributed by atoms with Gasteiger partial charge in [-0.05, 0) is 6.92 Å². The molecule has 0 spiro atoms. The van der Waals surface area contributed by atoms with E-state index < -0.39 is 54.1 Å². The summed E-state index contributed by atoms with van der Waals surface area (Å²) in [7, 11) is 0. The minimum absolute atomic E-state index is 1.41. The van der Waals surface area contributed by atoms with Crippen LogP contribution < -0.4 is 0 Å². The molecule has 1 unspecified atom stereocenters. The molecule has 0 aliphatic heterocycles. The molecule has 17 heteroatoms. The fourth-order valence-electron chi connectivity index (χ4n) is 1.31. The molecular weight excluding hydrogens is 443 g/mol. The smallest absolute Gasteiger partial charge is 0.241 e. The molecule has 0 bridgehead atoms. The summed E-state index contributed by atoms with van der Waals surface area (Å²) in [5, 5.41) is 0. The summed E-state index contributed by atoms with van der Waals surface area (Å²) < 4.78 is 215. The van der Waals surface area contributed by atoms with Crippen LogP contribution in [0.5, 0.6) is 0 Å². The first kappa shape index (κ1) is 25.8. The van der Waals surface area contributed by atoms with Crippen molar-refractivity contribution in [1.29, 1.82) is 0 Å². The molecule has 162 valence electrons. The first-order chi connectivity index (χ1) is 11.4. The van der Waals surface area contributed by atoms with Crippen LogP contribution in [0.2, 0.25) is 0 Å². The third kappa shape index (κ3) is 3.07. The Morgan fingerprint density at radius 1 is 0.519 bits per heavy atom. The fraction of sp³-hybridized carbons (Fsp3) is 0.800. The topological polar surface area (TPSA) is 0 Å². The van der Waals surface area contributed by atoms with E-state index in [1.54, 1.807) is 0 Å². The molecule has 0 aromatic rings. The van der Waals surface area contributed by atoms with Gasteiger partial charge >= 0.3 is 47.9 Å². The van der Waals surface area contributed by atoms with Gasteiger partial charge in [0.25, 0.3) is 0 Å². The highest BCUT2D eigenvalue weighted by Crippen LogP contribution is 2.63. The quantitative estimate of drug-likeness (QED) is 0.400. The molecule has 0 saturated carbocycles. The van der Waals surface area contributed by atoms with Crippen molar-refractivity contribution in [2.75, 3.05) is 0 Å². The summed E-state index contributed by atoms with van der Waals surface area (Å²) in [4.78, 5) is 0. The molecule has 0 nitrogen and oxygen atoms in total. The van der Waals surface area contributed by atoms with Crippen LogP contribution in [0.4, 0.5) is 74.6 Å². The van der Waals surface area contributed by atoms with Crippen molar-refractivity contribution in [1.82, 2.24) is 0 Å². The second-order valence-electron chi connectivity index (χ2n) is 4.80. The first-order valence-electron chi connectivity index (χ1n) is 5.69. The van der Waals surface area contributed by atoms with Gasteiger partial charge in [0, 0.05) is 0 Å². The van der Waals surface area contributed by atoms with Gasteiger partial charge in [0.15, 0.2) is 6.17 Å². The molecule has 0 N–H and O–H groups in total. The Morgan fingerprint density at radius 3 is 1.04 bits per heavy atom. The van der Waals surface area contributed by atoms with Crippen LogP contribution >= 0.6 is 0 Å². The minimum Gasteiger partial charge on any atom is -0.241 e. The van der Waals surface area contributed by atoms with Crippen molar-refractivity contribution in [3.05, 3.63) is 13.3 Å². The third-order valence-electron chi connectivity index (χ3n) is 3.02. The van der Waals surface area contributed by atoms with Gasteiger partial charge in [0.1, 0.15) is 0 Å². The predicted octanol–water partition coefficient (Wildman–Crippen LogP) is 6.03. The van der Waals surface area contributed by atoms with E-state index in [2.05, 4.69) is 0 Å². The maximum atomic E-state index is 13.0. The fourth-order valence-corrected chi connectivity index (χ4v) is 1.31. The average Bonchev–Trinajstić information content (AvgIpc) is 2.45. The maximum absolute atomic E-state index is 13.0. The Morgan fingerprint density at radius 2 is 0.778 bits per heavy atom. The Kier molecular flexibility index (Phi) is 6.14. The van der Waals surface area contributed by atoms with Gasteiger partial charge in [0.2, 0.25) is 0 Å². The van der Waals surface area contributed by atoms with Crippen molar-refractivity contribution in [3.8, 4) is 0 Å². The zero-order valence-electron chi connectivity index (χ0n) is 11.7. The highest BCUT2D eigenvalue weighted by molar-refractivity contribution is 5.16. The van der Waals surface area contributed by atoms with Crippen LogP contribution in [-0.4, -0.2) is 47.6 Å². The number of hydrogen-bond donors (Lipinski definition) is 0. The Labute approximate surface area is 137 Å². The average molecular weight is 446 g/mol. The van der Waals surface area contributed by atoms with E-state index in [1.807, 2.05) is 0 Å². The van der Waals surface area contributed by atoms with E-state index in [0.717, 1.165) is 0 Å². The van der Waals surface area contributed by atoms with Crippen molar-refractivity contribution >= 4 is 0 Å². The van der Waals surface area contributed by atoms with Crippen LogP contribution in [0, 0.1) is 13.3 Å². The number of halogens is 17. The molecule has 0 saturated heterocycles. The van der Waals surface area contributed by atoms with E-state index in [9.17, 15) is 74.6 Å². The Bertz CT molecular complexity index is 484. The molecule has 0 aliphatic rings. The van der Waals surface area contributed by atoms with Crippen LogP contribution in [-0.2, 0) is 0 Å². The van der Waals surface area contributed by atoms with Gasteiger partial charge in [-0.2, -0.15) is 70.2 Å². The Balaban J connectivity index is 6.62. The molecule has 27 heavy (non-hydrogen) atoms. The van der Waals surface area contributed by atoms with Gasteiger partial charge in [-0.3, -0.25) is 0 Å². The standard InChI is InChI=1S/C10H3F17/c1-2(11)4(14,15)6(18,19)8(22,23)10(26,27)9(24,25)7(20,21)5(16,17)3(12)13/h2H,1H2. The number of rotatable bonds is 8. The summed E-state index contributed by atoms with van der Waals surface area (Å²) in [6.07, 6.45) is -9.73. The lowest BCUT2D eigenvalue weighted by Gasteiger charge is -2.42. The summed E-state index contributed by atoms with van der Waals surface area (Å²) in [6.45, 7) is 1.41. The first-order valence-corrected chi connectivity index (χ1v) is 5.69. The molecule has 2 radical (unpaired) electrons. The summed E-state index contributed by atoms with van der Waals surface area (Å²) in [5.74, 6) is -56.0. The molecule has 0 amide bonds. The summed E-state index contributed by atoms with van der Waals surface area (Å²) in [5.41, 5.74) is 0. The molecule has 0 aromatic carbocycles. The molecule has 0 fully saturated rings. The van der Waals surface area contributed by atoms with E-state index in [1.165, 1.54) is 6.92 Å². The highest BCUT2D eigenvalue weighted by atomic mass is 19.4. The van der Waals surface area contributed by atoms with Crippen LogP contribution in [0.3, 0.4) is 0 Å². The lowest BCUT2D eigenvalue weighted by Crippen LogP contribution is -2.74. The van der Waals surface area contributed by atoms with E-state index in [-0.39, 0.29) is 0 Å². The van der Waals surface area contributed by atoms with Crippen LogP contribution in [0.15, 0.2) is 0 Å². The number of hydrogen-bond acceptors (Lipinski definition) is 0. The Hall–Kier alpha value is -1.19. The van der Waals surface area contributed by atoms with Crippen LogP contribution in [0.1, 0.15) is 0 Å². The van der Waals surface area contributed by atoms with Crippen molar-refractivity contribution in [2.24, 2.45) is 0 Å². The molecular formula is C10H3F17. The van der Waals surface area contributed by atoms with Crippen LogP contribution in [0.25, 0.3) is 0 Å². The molecule has 0 heterocycles. The molecule has 0 aliphatic carbocycles. The zero-order valence-corrected chi connectivity index (χ0v) is 11.7.